The Kier molecular flexibility index (Phi) is 6.25. The minimum absolute atomic E-state index is 0.592. The van der Waals surface area contributed by atoms with E-state index in [0.717, 1.165) is 70.6 Å². The summed E-state index contributed by atoms with van der Waals surface area (Å²) >= 11 is 0. The molecule has 7 nitrogen and oxygen atoms in total. The third-order valence-electron chi connectivity index (χ3n) is 6.66. The highest BCUT2D eigenvalue weighted by Gasteiger charge is 2.14. The molecular weight excluding hydrogens is 458 g/mol. The van der Waals surface area contributed by atoms with Crippen molar-refractivity contribution in [3.63, 3.8) is 0 Å². The zero-order chi connectivity index (χ0) is 25.0. The van der Waals surface area contributed by atoms with E-state index in [0.29, 0.717) is 5.82 Å². The lowest BCUT2D eigenvalue weighted by Gasteiger charge is -2.12. The molecule has 7 heteroatoms. The molecule has 0 amide bonds. The first-order valence-electron chi connectivity index (χ1n) is 12.6. The fraction of sp³-hybridized carbons (Fsp3) is 0.167. The molecule has 0 radical (unpaired) electrons. The summed E-state index contributed by atoms with van der Waals surface area (Å²) < 4.78 is 2.36. The van der Waals surface area contributed by atoms with Gasteiger partial charge in [0.1, 0.15) is 5.82 Å². The van der Waals surface area contributed by atoms with Gasteiger partial charge in [0.15, 0.2) is 0 Å². The molecule has 0 unspecified atom stereocenters. The van der Waals surface area contributed by atoms with Crippen molar-refractivity contribution in [2.24, 2.45) is 0 Å². The maximum atomic E-state index is 5.01. The van der Waals surface area contributed by atoms with Crippen molar-refractivity contribution in [2.45, 2.75) is 32.7 Å². The van der Waals surface area contributed by atoms with E-state index in [4.69, 9.17) is 4.98 Å². The molecule has 1 N–H and O–H groups in total. The fourth-order valence-corrected chi connectivity index (χ4v) is 4.75. The predicted molar refractivity (Wildman–Crippen MR) is 146 cm³/mol. The van der Waals surface area contributed by atoms with Gasteiger partial charge in [-0.2, -0.15) is 5.21 Å². The maximum Gasteiger partial charge on any atom is 0.205 e. The van der Waals surface area contributed by atoms with Gasteiger partial charge in [-0.25, -0.2) is 4.98 Å². The van der Waals surface area contributed by atoms with E-state index in [1.807, 2.05) is 42.6 Å². The summed E-state index contributed by atoms with van der Waals surface area (Å²) in [6.45, 7) is 2.98. The second-order valence-corrected chi connectivity index (χ2v) is 9.11. The molecule has 0 aliphatic heterocycles. The van der Waals surface area contributed by atoms with E-state index in [-0.39, 0.29) is 0 Å². The first-order chi connectivity index (χ1) is 18.3. The zero-order valence-corrected chi connectivity index (χ0v) is 20.7. The monoisotopic (exact) mass is 485 g/mol. The van der Waals surface area contributed by atoms with Gasteiger partial charge in [0.05, 0.1) is 16.7 Å². The molecular formula is C30H27N7. The van der Waals surface area contributed by atoms with Crippen molar-refractivity contribution in [2.75, 3.05) is 0 Å². The highest BCUT2D eigenvalue weighted by molar-refractivity contribution is 5.82. The first kappa shape index (κ1) is 22.8. The number of rotatable bonds is 8. The van der Waals surface area contributed by atoms with Crippen LogP contribution in [0.2, 0.25) is 0 Å². The summed E-state index contributed by atoms with van der Waals surface area (Å²) in [5.74, 6) is 1.72. The van der Waals surface area contributed by atoms with Gasteiger partial charge in [0, 0.05) is 30.3 Å². The molecule has 6 aromatic rings. The highest BCUT2D eigenvalue weighted by atomic mass is 15.5. The number of aromatic amines is 1. The van der Waals surface area contributed by atoms with Gasteiger partial charge in [-0.15, -0.1) is 10.2 Å². The Morgan fingerprint density at radius 3 is 2.41 bits per heavy atom. The number of pyridine rings is 1. The number of aryl methyl sites for hydroxylation is 1. The van der Waals surface area contributed by atoms with Crippen molar-refractivity contribution in [3.05, 3.63) is 103 Å². The number of aromatic nitrogens is 7. The van der Waals surface area contributed by atoms with Crippen LogP contribution in [0.25, 0.3) is 44.8 Å². The van der Waals surface area contributed by atoms with Gasteiger partial charge in [-0.05, 0) is 52.6 Å². The largest absolute Gasteiger partial charge is 0.323 e. The van der Waals surface area contributed by atoms with Crippen LogP contribution in [0.4, 0.5) is 0 Å². The second-order valence-electron chi connectivity index (χ2n) is 9.11. The summed E-state index contributed by atoms with van der Waals surface area (Å²) in [6, 6.07) is 29.3. The Morgan fingerprint density at radius 2 is 1.65 bits per heavy atom. The Bertz CT molecular complexity index is 1620. The topological polar surface area (TPSA) is 85.2 Å². The summed E-state index contributed by atoms with van der Waals surface area (Å²) in [7, 11) is 0. The lowest BCUT2D eigenvalue weighted by atomic mass is 9.98. The van der Waals surface area contributed by atoms with Crippen molar-refractivity contribution in [1.29, 1.82) is 0 Å². The van der Waals surface area contributed by atoms with Crippen LogP contribution in [0.3, 0.4) is 0 Å². The van der Waals surface area contributed by atoms with E-state index in [9.17, 15) is 0 Å². The van der Waals surface area contributed by atoms with Crippen LogP contribution in [-0.2, 0) is 13.0 Å². The normalized spacial score (nSPS) is 11.3. The third kappa shape index (κ3) is 4.63. The number of nitrogens with zero attached hydrogens (tertiary/aromatic N) is 6. The average molecular weight is 486 g/mol. The number of unbranched alkanes of at least 4 members (excludes halogenated alkanes) is 1. The molecule has 0 spiro atoms. The molecule has 3 aromatic heterocycles. The van der Waals surface area contributed by atoms with Crippen molar-refractivity contribution in [3.8, 4) is 33.8 Å². The van der Waals surface area contributed by atoms with E-state index in [1.54, 1.807) is 0 Å². The fourth-order valence-electron chi connectivity index (χ4n) is 4.75. The molecule has 0 saturated heterocycles. The third-order valence-corrected chi connectivity index (χ3v) is 6.66. The minimum atomic E-state index is 0.592. The van der Waals surface area contributed by atoms with Crippen LogP contribution in [0.5, 0.6) is 0 Å². The van der Waals surface area contributed by atoms with Gasteiger partial charge in [-0.3, -0.25) is 4.98 Å². The number of hydrogen-bond donors (Lipinski definition) is 1. The number of H-pyrrole nitrogens is 1. The van der Waals surface area contributed by atoms with E-state index in [2.05, 4.69) is 85.6 Å². The Labute approximate surface area is 215 Å². The summed E-state index contributed by atoms with van der Waals surface area (Å²) in [4.78, 5) is 9.55. The smallest absolute Gasteiger partial charge is 0.205 e. The predicted octanol–water partition coefficient (Wildman–Crippen LogP) is 6.34. The van der Waals surface area contributed by atoms with Gasteiger partial charge in [-0.1, -0.05) is 74.0 Å². The molecule has 37 heavy (non-hydrogen) atoms. The van der Waals surface area contributed by atoms with Crippen LogP contribution < -0.4 is 0 Å². The molecule has 6 rings (SSSR count). The van der Waals surface area contributed by atoms with Crippen LogP contribution in [0.1, 0.15) is 31.2 Å². The Hall–Kier alpha value is -4.65. The molecule has 0 aliphatic carbocycles. The number of fused-ring (bicyclic) bond motifs is 1. The van der Waals surface area contributed by atoms with Gasteiger partial charge in [0.2, 0.25) is 5.82 Å². The molecule has 3 aromatic carbocycles. The standard InChI is InChI=1S/C30H27N7/c1-2-3-11-29-32-27-17-16-23(26-10-6-7-18-31-26)19-28(27)37(29)20-21-12-14-22(15-13-21)24-8-4-5-9-25(24)30-33-35-36-34-30/h4-10,12-19H,2-3,11,20H2,1H3,(H,33,34,35,36). The molecule has 182 valence electrons. The average Bonchev–Trinajstić information content (AvgIpc) is 3.61. The van der Waals surface area contributed by atoms with Crippen LogP contribution >= 0.6 is 0 Å². The molecule has 0 fully saturated rings. The number of imidazole rings is 1. The van der Waals surface area contributed by atoms with Gasteiger partial charge >= 0.3 is 0 Å². The molecule has 3 heterocycles. The molecule has 0 atom stereocenters. The summed E-state index contributed by atoms with van der Waals surface area (Å²) in [5, 5.41) is 14.6. The van der Waals surface area contributed by atoms with Crippen molar-refractivity contribution >= 4 is 11.0 Å². The first-order valence-corrected chi connectivity index (χ1v) is 12.6. The van der Waals surface area contributed by atoms with Gasteiger partial charge in [0.25, 0.3) is 0 Å². The van der Waals surface area contributed by atoms with Crippen LogP contribution in [0.15, 0.2) is 91.1 Å². The molecule has 0 bridgehead atoms. The Balaban J connectivity index is 1.35. The number of tetrazole rings is 1. The van der Waals surface area contributed by atoms with E-state index >= 15 is 0 Å². The minimum Gasteiger partial charge on any atom is -0.323 e. The van der Waals surface area contributed by atoms with Crippen molar-refractivity contribution < 1.29 is 0 Å². The highest BCUT2D eigenvalue weighted by Crippen LogP contribution is 2.30. The summed E-state index contributed by atoms with van der Waals surface area (Å²) in [6.07, 6.45) is 5.04. The number of nitrogens with one attached hydrogen (secondary N) is 1. The van der Waals surface area contributed by atoms with Gasteiger partial charge < -0.3 is 4.57 Å². The zero-order valence-electron chi connectivity index (χ0n) is 20.7. The quantitative estimate of drug-likeness (QED) is 0.272. The van der Waals surface area contributed by atoms with Crippen LogP contribution in [-0.4, -0.2) is 35.2 Å². The lowest BCUT2D eigenvalue weighted by Crippen LogP contribution is -2.05. The van der Waals surface area contributed by atoms with Crippen molar-refractivity contribution in [1.82, 2.24) is 35.2 Å². The van der Waals surface area contributed by atoms with E-state index < -0.39 is 0 Å². The lowest BCUT2D eigenvalue weighted by molar-refractivity contribution is 0.690. The molecule has 0 saturated carbocycles. The maximum absolute atomic E-state index is 5.01. The SMILES string of the molecule is CCCCc1nc2ccc(-c3ccccn3)cc2n1Cc1ccc(-c2ccccc2-c2nn[nH]n2)cc1. The van der Waals surface area contributed by atoms with E-state index in [1.165, 1.54) is 5.56 Å². The molecule has 0 aliphatic rings. The number of hydrogen-bond acceptors (Lipinski definition) is 5. The summed E-state index contributed by atoms with van der Waals surface area (Å²) in [5.41, 5.74) is 8.60. The van der Waals surface area contributed by atoms with Crippen LogP contribution in [0, 0.1) is 0 Å². The number of benzene rings is 3. The second kappa shape index (κ2) is 10.1. The Morgan fingerprint density at radius 1 is 0.838 bits per heavy atom.